The largest absolute Gasteiger partial charge is 0.390 e. The molecule has 2 rings (SSSR count). The maximum absolute atomic E-state index is 12.0. The van der Waals surface area contributed by atoms with Crippen LogP contribution in [0, 0.1) is 0 Å². The van der Waals surface area contributed by atoms with Crippen molar-refractivity contribution < 1.29 is 9.90 Å². The van der Waals surface area contributed by atoms with Gasteiger partial charge in [0.2, 0.25) is 5.91 Å². The van der Waals surface area contributed by atoms with E-state index in [4.69, 9.17) is 0 Å². The summed E-state index contributed by atoms with van der Waals surface area (Å²) in [5.74, 6) is -0.0766. The number of β-amino-alcohol motifs (C(OH)–C–C–N with tert-alkyl or cyclic N) is 1. The molecule has 0 saturated carbocycles. The topological polar surface area (TPSA) is 56.7 Å². The molecule has 1 saturated heterocycles. The molecule has 1 fully saturated rings. The molecule has 0 spiro atoms. The SMILES string of the molecule is CN(C)[C@@H]1CN(C(=O)C=Cc2cccnc2)C[C@H]1O. The summed E-state index contributed by atoms with van der Waals surface area (Å²) >= 11 is 0. The number of aliphatic hydroxyl groups excluding tert-OH is 1. The third-order valence-electron chi connectivity index (χ3n) is 3.34. The lowest BCUT2D eigenvalue weighted by atomic mass is 10.2. The maximum atomic E-state index is 12.0. The monoisotopic (exact) mass is 261 g/mol. The van der Waals surface area contributed by atoms with Crippen LogP contribution in [-0.2, 0) is 4.79 Å². The van der Waals surface area contributed by atoms with Crippen molar-refractivity contribution in [1.29, 1.82) is 0 Å². The highest BCUT2D eigenvalue weighted by molar-refractivity contribution is 5.92. The second-order valence-corrected chi connectivity index (χ2v) is 4.96. The minimum atomic E-state index is -0.481. The summed E-state index contributed by atoms with van der Waals surface area (Å²) in [4.78, 5) is 19.6. The smallest absolute Gasteiger partial charge is 0.246 e. The first kappa shape index (κ1) is 13.7. The van der Waals surface area contributed by atoms with Crippen LogP contribution < -0.4 is 0 Å². The van der Waals surface area contributed by atoms with Crippen molar-refractivity contribution in [3.05, 3.63) is 36.2 Å². The van der Waals surface area contributed by atoms with Gasteiger partial charge < -0.3 is 14.9 Å². The normalized spacial score (nSPS) is 23.5. The molecule has 0 bridgehead atoms. The Balaban J connectivity index is 1.97. The van der Waals surface area contributed by atoms with Crippen molar-refractivity contribution in [2.75, 3.05) is 27.2 Å². The zero-order chi connectivity index (χ0) is 13.8. The molecule has 0 aromatic carbocycles. The molecular weight excluding hydrogens is 242 g/mol. The Morgan fingerprint density at radius 2 is 2.32 bits per heavy atom. The van der Waals surface area contributed by atoms with Crippen LogP contribution in [0.25, 0.3) is 6.08 Å². The van der Waals surface area contributed by atoms with Gasteiger partial charge in [0.15, 0.2) is 0 Å². The fourth-order valence-electron chi connectivity index (χ4n) is 2.20. The molecule has 0 radical (unpaired) electrons. The van der Waals surface area contributed by atoms with Gasteiger partial charge in [-0.2, -0.15) is 0 Å². The molecule has 5 heteroatoms. The fraction of sp³-hybridized carbons (Fsp3) is 0.429. The van der Waals surface area contributed by atoms with Crippen LogP contribution in [-0.4, -0.2) is 65.1 Å². The Morgan fingerprint density at radius 1 is 1.53 bits per heavy atom. The number of likely N-dealkylation sites (N-methyl/N-ethyl adjacent to an activating group) is 1. The molecule has 5 nitrogen and oxygen atoms in total. The quantitative estimate of drug-likeness (QED) is 0.791. The maximum Gasteiger partial charge on any atom is 0.246 e. The van der Waals surface area contributed by atoms with Crippen LogP contribution >= 0.6 is 0 Å². The van der Waals surface area contributed by atoms with Crippen LogP contribution in [0.2, 0.25) is 0 Å². The van der Waals surface area contributed by atoms with E-state index in [1.165, 1.54) is 6.08 Å². The van der Waals surface area contributed by atoms with Crippen LogP contribution in [0.15, 0.2) is 30.6 Å². The molecular formula is C14H19N3O2. The lowest BCUT2D eigenvalue weighted by Gasteiger charge is -2.21. The number of carbonyl (C=O) groups is 1. The number of hydrogen-bond donors (Lipinski definition) is 1. The van der Waals surface area contributed by atoms with Crippen LogP contribution in [0.3, 0.4) is 0 Å². The molecule has 2 atom stereocenters. The lowest BCUT2D eigenvalue weighted by molar-refractivity contribution is -0.125. The molecule has 0 unspecified atom stereocenters. The molecule has 0 aliphatic carbocycles. The van der Waals surface area contributed by atoms with Crippen molar-refractivity contribution >= 4 is 12.0 Å². The number of aliphatic hydroxyl groups is 1. The molecule has 1 N–H and O–H groups in total. The van der Waals surface area contributed by atoms with E-state index < -0.39 is 6.10 Å². The number of nitrogens with zero attached hydrogens (tertiary/aromatic N) is 3. The van der Waals surface area contributed by atoms with Gasteiger partial charge >= 0.3 is 0 Å². The van der Waals surface area contributed by atoms with E-state index in [1.54, 1.807) is 23.4 Å². The standard InChI is InChI=1S/C14H19N3O2/c1-16(2)12-9-17(10-13(12)18)14(19)6-5-11-4-3-7-15-8-11/h3-8,12-13,18H,9-10H2,1-2H3/t12-,13-/m1/s1. The summed E-state index contributed by atoms with van der Waals surface area (Å²) in [6.45, 7) is 0.948. The zero-order valence-corrected chi connectivity index (χ0v) is 11.2. The number of hydrogen-bond acceptors (Lipinski definition) is 4. The minimum Gasteiger partial charge on any atom is -0.390 e. The molecule has 1 aliphatic rings. The third kappa shape index (κ3) is 3.39. The van der Waals surface area contributed by atoms with Gasteiger partial charge in [-0.15, -0.1) is 0 Å². The molecule has 1 amide bonds. The minimum absolute atomic E-state index is 0.00995. The molecule has 102 valence electrons. The Kier molecular flexibility index (Phi) is 4.29. The van der Waals surface area contributed by atoms with Crippen LogP contribution in [0.1, 0.15) is 5.56 Å². The number of carbonyl (C=O) groups excluding carboxylic acids is 1. The second kappa shape index (κ2) is 5.95. The number of rotatable bonds is 3. The molecule has 1 aromatic rings. The van der Waals surface area contributed by atoms with Crippen LogP contribution in [0.5, 0.6) is 0 Å². The molecule has 1 aliphatic heterocycles. The number of aromatic nitrogens is 1. The first-order chi connectivity index (χ1) is 9.08. The first-order valence-corrected chi connectivity index (χ1v) is 6.29. The average molecular weight is 261 g/mol. The van der Waals surface area contributed by atoms with E-state index >= 15 is 0 Å². The summed E-state index contributed by atoms with van der Waals surface area (Å²) in [6.07, 6.45) is 6.18. The highest BCUT2D eigenvalue weighted by Crippen LogP contribution is 2.14. The van der Waals surface area contributed by atoms with Gasteiger partial charge in [0, 0.05) is 31.6 Å². The number of likely N-dealkylation sites (tertiary alicyclic amines) is 1. The van der Waals surface area contributed by atoms with Crippen molar-refractivity contribution in [3.63, 3.8) is 0 Å². The van der Waals surface area contributed by atoms with E-state index in [9.17, 15) is 9.90 Å². The number of pyridine rings is 1. The average Bonchev–Trinajstić information content (AvgIpc) is 2.79. The van der Waals surface area contributed by atoms with E-state index in [1.807, 2.05) is 31.1 Å². The van der Waals surface area contributed by atoms with E-state index in [0.717, 1.165) is 5.56 Å². The summed E-state index contributed by atoms with van der Waals surface area (Å²) in [5.41, 5.74) is 0.889. The summed E-state index contributed by atoms with van der Waals surface area (Å²) in [6, 6.07) is 3.72. The Hall–Kier alpha value is -1.72. The lowest BCUT2D eigenvalue weighted by Crippen LogP contribution is -2.38. The van der Waals surface area contributed by atoms with Gasteiger partial charge in [-0.05, 0) is 31.8 Å². The predicted molar refractivity (Wildman–Crippen MR) is 73.3 cm³/mol. The summed E-state index contributed by atoms with van der Waals surface area (Å²) in [7, 11) is 3.82. The third-order valence-corrected chi connectivity index (χ3v) is 3.34. The fourth-order valence-corrected chi connectivity index (χ4v) is 2.20. The van der Waals surface area contributed by atoms with E-state index in [-0.39, 0.29) is 11.9 Å². The molecule has 19 heavy (non-hydrogen) atoms. The van der Waals surface area contributed by atoms with Gasteiger partial charge in [0.25, 0.3) is 0 Å². The zero-order valence-electron chi connectivity index (χ0n) is 11.2. The Labute approximate surface area is 113 Å². The summed E-state index contributed by atoms with van der Waals surface area (Å²) in [5, 5.41) is 9.89. The van der Waals surface area contributed by atoms with Gasteiger partial charge in [-0.1, -0.05) is 6.07 Å². The van der Waals surface area contributed by atoms with Crippen LogP contribution in [0.4, 0.5) is 0 Å². The molecule has 1 aromatic heterocycles. The van der Waals surface area contributed by atoms with Gasteiger partial charge in [-0.25, -0.2) is 0 Å². The van der Waals surface area contributed by atoms with Crippen molar-refractivity contribution in [2.45, 2.75) is 12.1 Å². The van der Waals surface area contributed by atoms with E-state index in [0.29, 0.717) is 13.1 Å². The van der Waals surface area contributed by atoms with Gasteiger partial charge in [0.1, 0.15) is 0 Å². The Bertz CT molecular complexity index is 459. The highest BCUT2D eigenvalue weighted by Gasteiger charge is 2.34. The highest BCUT2D eigenvalue weighted by atomic mass is 16.3. The van der Waals surface area contributed by atoms with Crippen molar-refractivity contribution in [2.24, 2.45) is 0 Å². The van der Waals surface area contributed by atoms with Gasteiger partial charge in [0.05, 0.1) is 12.1 Å². The Morgan fingerprint density at radius 3 is 2.89 bits per heavy atom. The van der Waals surface area contributed by atoms with Crippen molar-refractivity contribution in [1.82, 2.24) is 14.8 Å². The van der Waals surface area contributed by atoms with Gasteiger partial charge in [-0.3, -0.25) is 9.78 Å². The second-order valence-electron chi connectivity index (χ2n) is 4.96. The first-order valence-electron chi connectivity index (χ1n) is 6.29. The molecule has 2 heterocycles. The summed E-state index contributed by atoms with van der Waals surface area (Å²) < 4.78 is 0. The van der Waals surface area contributed by atoms with E-state index in [2.05, 4.69) is 4.98 Å². The van der Waals surface area contributed by atoms with Crippen molar-refractivity contribution in [3.8, 4) is 0 Å². The number of amides is 1. The predicted octanol–water partition coefficient (Wildman–Crippen LogP) is 0.228.